The Hall–Kier alpha value is -1.47. The highest BCUT2D eigenvalue weighted by Crippen LogP contribution is 2.34. The van der Waals surface area contributed by atoms with Gasteiger partial charge in [0.25, 0.3) is 5.69 Å². The quantitative estimate of drug-likeness (QED) is 0.484. The molecule has 0 spiro atoms. The molecule has 0 aliphatic carbocycles. The first-order valence-corrected chi connectivity index (χ1v) is 6.09. The number of carbonyl (C=O) groups is 1. The summed E-state index contributed by atoms with van der Waals surface area (Å²) in [6, 6.07) is 4.65. The zero-order valence-electron chi connectivity index (χ0n) is 8.60. The summed E-state index contributed by atoms with van der Waals surface area (Å²) in [5.41, 5.74) is -0.0216. The number of benzene rings is 1. The third-order valence-corrected chi connectivity index (χ3v) is 3.88. The minimum atomic E-state index is -0.473. The number of hydrogen-bond acceptors (Lipinski definition) is 5. The Morgan fingerprint density at radius 2 is 2.18 bits per heavy atom. The van der Waals surface area contributed by atoms with Crippen LogP contribution in [0.5, 0.6) is 0 Å². The standard InChI is InChI=1S/C10H6BrNO4S/c1-16-10(13)9-3-5-2-7(12(14)15)6(11)4-8(5)17-9/h2-4H,1H3. The van der Waals surface area contributed by atoms with Gasteiger partial charge in [0.05, 0.1) is 16.5 Å². The Balaban J connectivity index is 2.62. The van der Waals surface area contributed by atoms with Crippen LogP contribution in [0.3, 0.4) is 0 Å². The molecular formula is C10H6BrNO4S. The molecule has 0 atom stereocenters. The van der Waals surface area contributed by atoms with Crippen LogP contribution in [0.1, 0.15) is 9.67 Å². The van der Waals surface area contributed by atoms with Crippen molar-refractivity contribution in [2.45, 2.75) is 0 Å². The third-order valence-electron chi connectivity index (χ3n) is 2.17. The molecule has 5 nitrogen and oxygen atoms in total. The van der Waals surface area contributed by atoms with E-state index >= 15 is 0 Å². The molecule has 17 heavy (non-hydrogen) atoms. The zero-order valence-corrected chi connectivity index (χ0v) is 11.0. The summed E-state index contributed by atoms with van der Waals surface area (Å²) in [7, 11) is 1.30. The summed E-state index contributed by atoms with van der Waals surface area (Å²) >= 11 is 4.37. The molecular weight excluding hydrogens is 310 g/mol. The van der Waals surface area contributed by atoms with E-state index in [4.69, 9.17) is 0 Å². The summed E-state index contributed by atoms with van der Waals surface area (Å²) in [4.78, 5) is 22.0. The number of nitro groups is 1. The molecule has 0 unspecified atom stereocenters. The van der Waals surface area contributed by atoms with Gasteiger partial charge in [0.15, 0.2) is 0 Å². The van der Waals surface area contributed by atoms with Crippen LogP contribution in [0, 0.1) is 10.1 Å². The maximum atomic E-state index is 11.3. The monoisotopic (exact) mass is 315 g/mol. The van der Waals surface area contributed by atoms with E-state index in [9.17, 15) is 14.9 Å². The lowest BCUT2D eigenvalue weighted by Gasteiger charge is -1.94. The second-order valence-electron chi connectivity index (χ2n) is 3.20. The van der Waals surface area contributed by atoms with Gasteiger partial charge in [-0.05, 0) is 28.1 Å². The van der Waals surface area contributed by atoms with Crippen LogP contribution in [0.2, 0.25) is 0 Å². The molecule has 0 aliphatic rings. The average Bonchev–Trinajstić information content (AvgIpc) is 2.69. The maximum absolute atomic E-state index is 11.3. The molecule has 2 aromatic rings. The minimum Gasteiger partial charge on any atom is -0.465 e. The Labute approximate surface area is 108 Å². The van der Waals surface area contributed by atoms with Crippen molar-refractivity contribution in [3.63, 3.8) is 0 Å². The minimum absolute atomic E-state index is 0.0216. The van der Waals surface area contributed by atoms with E-state index in [-0.39, 0.29) is 5.69 Å². The number of esters is 1. The number of halogens is 1. The topological polar surface area (TPSA) is 69.4 Å². The number of thiophene rings is 1. The van der Waals surface area contributed by atoms with E-state index in [1.807, 2.05) is 0 Å². The number of fused-ring (bicyclic) bond motifs is 1. The number of methoxy groups -OCH3 is 1. The third kappa shape index (κ3) is 2.16. The highest BCUT2D eigenvalue weighted by atomic mass is 79.9. The van der Waals surface area contributed by atoms with E-state index in [1.54, 1.807) is 12.1 Å². The molecule has 88 valence electrons. The van der Waals surface area contributed by atoms with E-state index in [0.717, 1.165) is 4.70 Å². The molecule has 0 fully saturated rings. The number of rotatable bonds is 2. The van der Waals surface area contributed by atoms with Gasteiger partial charge < -0.3 is 4.74 Å². The molecule has 1 aromatic carbocycles. The van der Waals surface area contributed by atoms with Crippen LogP contribution in [0.25, 0.3) is 10.1 Å². The van der Waals surface area contributed by atoms with Crippen LogP contribution in [-0.4, -0.2) is 18.0 Å². The van der Waals surface area contributed by atoms with Crippen molar-refractivity contribution in [3.05, 3.63) is 37.7 Å². The number of nitrogens with zero attached hydrogens (tertiary/aromatic N) is 1. The zero-order chi connectivity index (χ0) is 12.6. The molecule has 0 aliphatic heterocycles. The van der Waals surface area contributed by atoms with Gasteiger partial charge in [0.2, 0.25) is 0 Å². The molecule has 0 amide bonds. The van der Waals surface area contributed by atoms with Crippen LogP contribution < -0.4 is 0 Å². The second kappa shape index (κ2) is 4.42. The molecule has 0 radical (unpaired) electrons. The highest BCUT2D eigenvalue weighted by Gasteiger charge is 2.16. The van der Waals surface area contributed by atoms with Gasteiger partial charge in [-0.3, -0.25) is 10.1 Å². The predicted molar refractivity (Wildman–Crippen MR) is 67.5 cm³/mol. The average molecular weight is 316 g/mol. The fourth-order valence-corrected chi connectivity index (χ4v) is 3.03. The molecule has 1 heterocycles. The Bertz CT molecular complexity index is 622. The van der Waals surface area contributed by atoms with Crippen molar-refractivity contribution in [1.82, 2.24) is 0 Å². The van der Waals surface area contributed by atoms with Crippen molar-refractivity contribution < 1.29 is 14.5 Å². The van der Waals surface area contributed by atoms with Crippen LogP contribution in [-0.2, 0) is 4.74 Å². The van der Waals surface area contributed by atoms with Crippen molar-refractivity contribution in [2.24, 2.45) is 0 Å². The number of carbonyl (C=O) groups excluding carboxylic acids is 1. The van der Waals surface area contributed by atoms with Gasteiger partial charge in [-0.15, -0.1) is 11.3 Å². The van der Waals surface area contributed by atoms with Gasteiger partial charge >= 0.3 is 5.97 Å². The molecule has 7 heteroatoms. The smallest absolute Gasteiger partial charge is 0.348 e. The summed E-state index contributed by atoms with van der Waals surface area (Å²) in [5.74, 6) is -0.440. The van der Waals surface area contributed by atoms with Gasteiger partial charge in [-0.1, -0.05) is 0 Å². The molecule has 0 saturated carbocycles. The Kier molecular flexibility index (Phi) is 3.12. The number of nitro benzene ring substituents is 1. The van der Waals surface area contributed by atoms with E-state index in [1.165, 1.54) is 24.5 Å². The molecule has 2 rings (SSSR count). The first kappa shape index (κ1) is 12.0. The van der Waals surface area contributed by atoms with Crippen molar-refractivity contribution in [1.29, 1.82) is 0 Å². The summed E-state index contributed by atoms with van der Waals surface area (Å²) < 4.78 is 5.79. The van der Waals surface area contributed by atoms with Gasteiger partial charge in [-0.25, -0.2) is 4.79 Å². The van der Waals surface area contributed by atoms with E-state index < -0.39 is 10.9 Å². The lowest BCUT2D eigenvalue weighted by atomic mass is 10.2. The predicted octanol–water partition coefficient (Wildman–Crippen LogP) is 3.36. The highest BCUT2D eigenvalue weighted by molar-refractivity contribution is 9.10. The second-order valence-corrected chi connectivity index (χ2v) is 5.14. The van der Waals surface area contributed by atoms with Crippen LogP contribution in [0.4, 0.5) is 5.69 Å². The normalized spacial score (nSPS) is 10.5. The molecule has 1 aromatic heterocycles. The summed E-state index contributed by atoms with van der Waals surface area (Å²) in [6.45, 7) is 0. The van der Waals surface area contributed by atoms with Crippen molar-refractivity contribution in [3.8, 4) is 0 Å². The summed E-state index contributed by atoms with van der Waals surface area (Å²) in [6.07, 6.45) is 0. The van der Waals surface area contributed by atoms with Crippen LogP contribution in [0.15, 0.2) is 22.7 Å². The van der Waals surface area contributed by atoms with E-state index in [0.29, 0.717) is 14.7 Å². The lowest BCUT2D eigenvalue weighted by Crippen LogP contribution is -1.96. The van der Waals surface area contributed by atoms with Crippen LogP contribution >= 0.6 is 27.3 Å². The van der Waals surface area contributed by atoms with Gasteiger partial charge in [-0.2, -0.15) is 0 Å². The number of ether oxygens (including phenoxy) is 1. The Morgan fingerprint density at radius 3 is 2.76 bits per heavy atom. The molecule has 0 bridgehead atoms. The number of hydrogen-bond donors (Lipinski definition) is 0. The van der Waals surface area contributed by atoms with Crippen molar-refractivity contribution >= 4 is 49.0 Å². The first-order chi connectivity index (χ1) is 8.02. The first-order valence-electron chi connectivity index (χ1n) is 4.48. The fourth-order valence-electron chi connectivity index (χ4n) is 1.39. The molecule has 0 saturated heterocycles. The maximum Gasteiger partial charge on any atom is 0.348 e. The van der Waals surface area contributed by atoms with Crippen molar-refractivity contribution in [2.75, 3.05) is 7.11 Å². The van der Waals surface area contributed by atoms with Gasteiger partial charge in [0.1, 0.15) is 4.88 Å². The summed E-state index contributed by atoms with van der Waals surface area (Å²) in [5, 5.41) is 11.4. The van der Waals surface area contributed by atoms with E-state index in [2.05, 4.69) is 20.7 Å². The van der Waals surface area contributed by atoms with Gasteiger partial charge in [0, 0.05) is 16.2 Å². The fraction of sp³-hybridized carbons (Fsp3) is 0.100. The lowest BCUT2D eigenvalue weighted by molar-refractivity contribution is -0.385. The Morgan fingerprint density at radius 1 is 1.47 bits per heavy atom. The molecule has 0 N–H and O–H groups in total. The largest absolute Gasteiger partial charge is 0.465 e. The SMILES string of the molecule is COC(=O)c1cc2cc([N+](=O)[O-])c(Br)cc2s1.